The zero-order valence-electron chi connectivity index (χ0n) is 8.62. The molecular weight excluding hydrogens is 223 g/mol. The van der Waals surface area contributed by atoms with Crippen molar-refractivity contribution < 1.29 is 4.39 Å². The summed E-state index contributed by atoms with van der Waals surface area (Å²) in [6.45, 7) is 1.76. The fourth-order valence-electron chi connectivity index (χ4n) is 1.42. The highest BCUT2D eigenvalue weighted by molar-refractivity contribution is 7.16. The second-order valence-electron chi connectivity index (χ2n) is 3.46. The van der Waals surface area contributed by atoms with Crippen molar-refractivity contribution in [3.8, 4) is 16.5 Å². The van der Waals surface area contributed by atoms with Crippen molar-refractivity contribution >= 4 is 17.0 Å². The number of anilines is 1. The van der Waals surface area contributed by atoms with E-state index < -0.39 is 0 Å². The van der Waals surface area contributed by atoms with Gasteiger partial charge >= 0.3 is 0 Å². The molecule has 2 rings (SSSR count). The van der Waals surface area contributed by atoms with E-state index in [1.54, 1.807) is 25.1 Å². The molecule has 0 aliphatic carbocycles. The molecule has 0 fully saturated rings. The van der Waals surface area contributed by atoms with Crippen LogP contribution in [0.4, 0.5) is 10.1 Å². The molecule has 0 atom stereocenters. The zero-order chi connectivity index (χ0) is 11.7. The van der Waals surface area contributed by atoms with Crippen molar-refractivity contribution in [2.24, 2.45) is 0 Å². The summed E-state index contributed by atoms with van der Waals surface area (Å²) in [6.07, 6.45) is 0. The molecule has 0 bridgehead atoms. The number of hydrogen-bond acceptors (Lipinski definition) is 3. The molecular formula is C12H9FN2S. The SMILES string of the molecule is Cc1cc(F)c(-c2ccc(C#N)s2)cc1N. The van der Waals surface area contributed by atoms with Crippen LogP contribution in [0.1, 0.15) is 10.4 Å². The lowest BCUT2D eigenvalue weighted by Gasteiger charge is -2.04. The maximum Gasteiger partial charge on any atom is 0.132 e. The number of nitrogen functional groups attached to an aromatic ring is 1. The van der Waals surface area contributed by atoms with Crippen molar-refractivity contribution in [3.05, 3.63) is 40.5 Å². The molecule has 0 radical (unpaired) electrons. The number of nitriles is 1. The number of nitrogens with zero attached hydrogens (tertiary/aromatic N) is 1. The second-order valence-corrected chi connectivity index (χ2v) is 4.55. The highest BCUT2D eigenvalue weighted by atomic mass is 32.1. The second kappa shape index (κ2) is 3.95. The van der Waals surface area contributed by atoms with E-state index in [0.717, 1.165) is 10.4 Å². The zero-order valence-corrected chi connectivity index (χ0v) is 9.44. The normalized spacial score (nSPS) is 10.1. The van der Waals surface area contributed by atoms with Crippen LogP contribution in [0.5, 0.6) is 0 Å². The lowest BCUT2D eigenvalue weighted by molar-refractivity contribution is 0.631. The van der Waals surface area contributed by atoms with Crippen LogP contribution in [-0.4, -0.2) is 0 Å². The van der Waals surface area contributed by atoms with Crippen molar-refractivity contribution in [1.82, 2.24) is 0 Å². The monoisotopic (exact) mass is 232 g/mol. The Morgan fingerprint density at radius 2 is 2.12 bits per heavy atom. The lowest BCUT2D eigenvalue weighted by Crippen LogP contribution is -1.92. The summed E-state index contributed by atoms with van der Waals surface area (Å²) in [5.41, 5.74) is 7.47. The third-order valence-corrected chi connectivity index (χ3v) is 3.36. The summed E-state index contributed by atoms with van der Waals surface area (Å²) in [4.78, 5) is 1.29. The minimum absolute atomic E-state index is 0.307. The molecule has 0 amide bonds. The van der Waals surface area contributed by atoms with Crippen LogP contribution in [0.3, 0.4) is 0 Å². The summed E-state index contributed by atoms with van der Waals surface area (Å²) >= 11 is 1.26. The first-order valence-corrected chi connectivity index (χ1v) is 5.49. The Bertz CT molecular complexity index is 581. The van der Waals surface area contributed by atoms with E-state index in [0.29, 0.717) is 16.1 Å². The third-order valence-electron chi connectivity index (χ3n) is 2.34. The van der Waals surface area contributed by atoms with E-state index in [9.17, 15) is 4.39 Å². The first-order valence-electron chi connectivity index (χ1n) is 4.67. The average molecular weight is 232 g/mol. The number of thiophene rings is 1. The Kier molecular flexibility index (Phi) is 2.63. The smallest absolute Gasteiger partial charge is 0.132 e. The predicted octanol–water partition coefficient (Wildman–Crippen LogP) is 3.32. The Morgan fingerprint density at radius 3 is 2.75 bits per heavy atom. The van der Waals surface area contributed by atoms with Gasteiger partial charge in [-0.15, -0.1) is 11.3 Å². The molecule has 4 heteroatoms. The molecule has 0 aliphatic heterocycles. The van der Waals surface area contributed by atoms with Gasteiger partial charge in [0.2, 0.25) is 0 Å². The number of benzene rings is 1. The van der Waals surface area contributed by atoms with Crippen LogP contribution in [0.25, 0.3) is 10.4 Å². The molecule has 2 nitrogen and oxygen atoms in total. The number of hydrogen-bond donors (Lipinski definition) is 1. The van der Waals surface area contributed by atoms with Crippen LogP contribution in [-0.2, 0) is 0 Å². The Balaban J connectivity index is 2.56. The van der Waals surface area contributed by atoms with Gasteiger partial charge in [0.15, 0.2) is 0 Å². The average Bonchev–Trinajstić information content (AvgIpc) is 2.71. The lowest BCUT2D eigenvalue weighted by atomic mass is 10.1. The van der Waals surface area contributed by atoms with Gasteiger partial charge in [0.25, 0.3) is 0 Å². The van der Waals surface area contributed by atoms with Crippen LogP contribution in [0.15, 0.2) is 24.3 Å². The van der Waals surface area contributed by atoms with Crippen LogP contribution in [0.2, 0.25) is 0 Å². The largest absolute Gasteiger partial charge is 0.398 e. The molecule has 80 valence electrons. The van der Waals surface area contributed by atoms with E-state index in [-0.39, 0.29) is 5.82 Å². The third kappa shape index (κ3) is 1.77. The molecule has 16 heavy (non-hydrogen) atoms. The highest BCUT2D eigenvalue weighted by Crippen LogP contribution is 2.32. The van der Waals surface area contributed by atoms with Crippen molar-refractivity contribution in [3.63, 3.8) is 0 Å². The first kappa shape index (κ1) is 10.7. The molecule has 0 spiro atoms. The quantitative estimate of drug-likeness (QED) is 0.767. The van der Waals surface area contributed by atoms with Crippen LogP contribution < -0.4 is 5.73 Å². The van der Waals surface area contributed by atoms with Gasteiger partial charge in [-0.25, -0.2) is 4.39 Å². The van der Waals surface area contributed by atoms with Gasteiger partial charge in [-0.2, -0.15) is 5.26 Å². The first-order chi connectivity index (χ1) is 7.61. The van der Waals surface area contributed by atoms with Crippen LogP contribution >= 0.6 is 11.3 Å². The van der Waals surface area contributed by atoms with Crippen molar-refractivity contribution in [2.45, 2.75) is 6.92 Å². The minimum Gasteiger partial charge on any atom is -0.398 e. The van der Waals surface area contributed by atoms with Crippen molar-refractivity contribution in [1.29, 1.82) is 5.26 Å². The maximum absolute atomic E-state index is 13.7. The molecule has 0 saturated carbocycles. The van der Waals surface area contributed by atoms with E-state index >= 15 is 0 Å². The van der Waals surface area contributed by atoms with Gasteiger partial charge < -0.3 is 5.73 Å². The maximum atomic E-state index is 13.7. The van der Waals surface area contributed by atoms with Gasteiger partial charge in [0.1, 0.15) is 16.8 Å². The Morgan fingerprint density at radius 1 is 1.38 bits per heavy atom. The van der Waals surface area contributed by atoms with E-state index in [4.69, 9.17) is 11.0 Å². The van der Waals surface area contributed by atoms with Gasteiger partial charge in [-0.1, -0.05) is 0 Å². The van der Waals surface area contributed by atoms with Gasteiger partial charge in [0.05, 0.1) is 0 Å². The van der Waals surface area contributed by atoms with Gasteiger partial charge in [-0.05, 0) is 36.8 Å². The van der Waals surface area contributed by atoms with Crippen molar-refractivity contribution in [2.75, 3.05) is 5.73 Å². The minimum atomic E-state index is -0.307. The fraction of sp³-hybridized carbons (Fsp3) is 0.0833. The molecule has 2 aromatic rings. The number of rotatable bonds is 1. The summed E-state index contributed by atoms with van der Waals surface area (Å²) in [5, 5.41) is 8.71. The number of nitrogens with two attached hydrogens (primary N) is 1. The van der Waals surface area contributed by atoms with Gasteiger partial charge in [0, 0.05) is 16.1 Å². The predicted molar refractivity (Wildman–Crippen MR) is 63.6 cm³/mol. The Labute approximate surface area is 96.8 Å². The number of aryl methyl sites for hydroxylation is 1. The molecule has 1 aromatic heterocycles. The standard InChI is InChI=1S/C12H9FN2S/c1-7-4-10(13)9(5-11(7)15)12-3-2-8(6-14)16-12/h2-5H,15H2,1H3. The summed E-state index contributed by atoms with van der Waals surface area (Å²) in [6, 6.07) is 8.46. The number of halogens is 1. The molecule has 2 N–H and O–H groups in total. The fourth-order valence-corrected chi connectivity index (χ4v) is 2.24. The molecule has 1 aromatic carbocycles. The molecule has 0 unspecified atom stereocenters. The highest BCUT2D eigenvalue weighted by Gasteiger charge is 2.10. The summed E-state index contributed by atoms with van der Waals surface area (Å²) in [5.74, 6) is -0.307. The van der Waals surface area contributed by atoms with E-state index in [1.165, 1.54) is 17.4 Å². The van der Waals surface area contributed by atoms with Crippen LogP contribution in [0, 0.1) is 24.1 Å². The van der Waals surface area contributed by atoms with E-state index in [2.05, 4.69) is 0 Å². The Hall–Kier alpha value is -1.86. The molecule has 1 heterocycles. The molecule has 0 aliphatic rings. The summed E-state index contributed by atoms with van der Waals surface area (Å²) < 4.78 is 13.7. The van der Waals surface area contributed by atoms with Gasteiger partial charge in [-0.3, -0.25) is 0 Å². The van der Waals surface area contributed by atoms with E-state index in [1.807, 2.05) is 6.07 Å². The molecule has 0 saturated heterocycles. The topological polar surface area (TPSA) is 49.8 Å². The summed E-state index contributed by atoms with van der Waals surface area (Å²) in [7, 11) is 0.